The van der Waals surface area contributed by atoms with Crippen LogP contribution in [0.2, 0.25) is 0 Å². The molecule has 3 fully saturated rings. The zero-order chi connectivity index (χ0) is 16.8. The van der Waals surface area contributed by atoms with Crippen molar-refractivity contribution in [1.82, 2.24) is 20.0 Å². The lowest BCUT2D eigenvalue weighted by atomic mass is 9.84. The maximum atomic E-state index is 5.69. The Kier molecular flexibility index (Phi) is 7.35. The molecule has 0 spiro atoms. The van der Waals surface area contributed by atoms with Crippen molar-refractivity contribution >= 4 is 0 Å². The van der Waals surface area contributed by atoms with Gasteiger partial charge in [-0.3, -0.25) is 4.90 Å². The first-order chi connectivity index (χ1) is 11.7. The van der Waals surface area contributed by atoms with E-state index >= 15 is 0 Å². The predicted molar refractivity (Wildman–Crippen MR) is 99.5 cm³/mol. The Labute approximate surface area is 148 Å². The summed E-state index contributed by atoms with van der Waals surface area (Å²) < 4.78 is 5.69. The molecule has 0 radical (unpaired) electrons. The van der Waals surface area contributed by atoms with E-state index in [2.05, 4.69) is 33.9 Å². The quantitative estimate of drug-likeness (QED) is 0.666. The van der Waals surface area contributed by atoms with E-state index in [-0.39, 0.29) is 0 Å². The van der Waals surface area contributed by atoms with Gasteiger partial charge in [0.25, 0.3) is 0 Å². The van der Waals surface area contributed by atoms with Gasteiger partial charge in [0, 0.05) is 78.6 Å². The molecule has 0 aromatic heterocycles. The average molecular weight is 339 g/mol. The van der Waals surface area contributed by atoms with E-state index in [1.54, 1.807) is 0 Å². The van der Waals surface area contributed by atoms with Gasteiger partial charge < -0.3 is 19.9 Å². The van der Waals surface area contributed by atoms with Gasteiger partial charge in [0.2, 0.25) is 0 Å². The lowest BCUT2D eigenvalue weighted by molar-refractivity contribution is 0.0181. The van der Waals surface area contributed by atoms with Crippen LogP contribution < -0.4 is 5.32 Å². The summed E-state index contributed by atoms with van der Waals surface area (Å²) in [5.74, 6) is 1.79. The molecule has 0 aromatic carbocycles. The molecule has 3 heterocycles. The molecule has 5 heteroatoms. The summed E-state index contributed by atoms with van der Waals surface area (Å²) in [6.07, 6.45) is 3.02. The molecule has 3 rings (SSSR count). The van der Waals surface area contributed by atoms with Crippen LogP contribution in [-0.2, 0) is 4.74 Å². The Hall–Kier alpha value is -0.200. The molecule has 5 nitrogen and oxygen atoms in total. The summed E-state index contributed by atoms with van der Waals surface area (Å²) >= 11 is 0. The fourth-order valence-electron chi connectivity index (χ4n) is 4.68. The number of fused-ring (bicyclic) bond motifs is 2. The molecule has 3 saturated heterocycles. The minimum absolute atomic E-state index is 0.370. The van der Waals surface area contributed by atoms with Crippen LogP contribution in [-0.4, -0.2) is 99.4 Å². The number of nitrogens with zero attached hydrogens (tertiary/aromatic N) is 3. The van der Waals surface area contributed by atoms with Gasteiger partial charge in [0.1, 0.15) is 0 Å². The number of nitrogens with one attached hydrogen (secondary N) is 1. The Morgan fingerprint density at radius 3 is 2.08 bits per heavy atom. The number of piperazine rings is 1. The Balaban J connectivity index is 1.34. The molecule has 2 atom stereocenters. The van der Waals surface area contributed by atoms with Gasteiger partial charge in [0.15, 0.2) is 0 Å². The van der Waals surface area contributed by atoms with E-state index in [4.69, 9.17) is 4.74 Å². The van der Waals surface area contributed by atoms with Crippen molar-refractivity contribution < 1.29 is 4.74 Å². The maximum Gasteiger partial charge on any atom is 0.0518 e. The van der Waals surface area contributed by atoms with Crippen molar-refractivity contribution in [2.24, 2.45) is 11.8 Å². The monoisotopic (exact) mass is 338 g/mol. The number of hydrogen-bond donors (Lipinski definition) is 1. The number of hydrogen-bond acceptors (Lipinski definition) is 5. The van der Waals surface area contributed by atoms with Gasteiger partial charge in [-0.15, -0.1) is 0 Å². The van der Waals surface area contributed by atoms with E-state index in [0.717, 1.165) is 18.4 Å². The van der Waals surface area contributed by atoms with Crippen LogP contribution >= 0.6 is 0 Å². The van der Waals surface area contributed by atoms with E-state index in [9.17, 15) is 0 Å². The lowest BCUT2D eigenvalue weighted by Crippen LogP contribution is -2.54. The fraction of sp³-hybridized carbons (Fsp3) is 1.00. The van der Waals surface area contributed by atoms with Crippen molar-refractivity contribution in [1.29, 1.82) is 0 Å². The Bertz CT molecular complexity index is 345. The topological polar surface area (TPSA) is 31.0 Å². The van der Waals surface area contributed by atoms with Gasteiger partial charge in [-0.05, 0) is 38.5 Å². The van der Waals surface area contributed by atoms with Crippen LogP contribution in [0.15, 0.2) is 0 Å². The van der Waals surface area contributed by atoms with Crippen LogP contribution in [0, 0.1) is 11.8 Å². The Morgan fingerprint density at radius 2 is 1.46 bits per heavy atom. The fourth-order valence-corrected chi connectivity index (χ4v) is 4.68. The molecular weight excluding hydrogens is 300 g/mol. The SMILES string of the molecule is CC(C)OCCCN1CC2CC(C1)CN(CCN1CCNCC1)C2. The minimum atomic E-state index is 0.370. The zero-order valence-electron chi connectivity index (χ0n) is 15.9. The number of piperidine rings is 2. The average Bonchev–Trinajstić information content (AvgIpc) is 2.57. The molecular formula is C19H38N4O. The van der Waals surface area contributed by atoms with Gasteiger partial charge in [-0.2, -0.15) is 0 Å². The highest BCUT2D eigenvalue weighted by Gasteiger charge is 2.33. The highest BCUT2D eigenvalue weighted by Crippen LogP contribution is 2.28. The second-order valence-corrected chi connectivity index (χ2v) is 8.35. The first-order valence-electron chi connectivity index (χ1n) is 10.2. The maximum absolute atomic E-state index is 5.69. The van der Waals surface area contributed by atoms with Gasteiger partial charge in [0.05, 0.1) is 6.10 Å². The summed E-state index contributed by atoms with van der Waals surface area (Å²) in [5, 5.41) is 3.45. The van der Waals surface area contributed by atoms with E-state index in [0.29, 0.717) is 6.10 Å². The predicted octanol–water partition coefficient (Wildman–Crippen LogP) is 0.960. The molecule has 2 unspecified atom stereocenters. The third-order valence-electron chi connectivity index (χ3n) is 5.74. The smallest absolute Gasteiger partial charge is 0.0518 e. The Morgan fingerprint density at radius 1 is 0.875 bits per heavy atom. The van der Waals surface area contributed by atoms with Crippen LogP contribution in [0.25, 0.3) is 0 Å². The zero-order valence-corrected chi connectivity index (χ0v) is 15.9. The first-order valence-corrected chi connectivity index (χ1v) is 10.2. The minimum Gasteiger partial charge on any atom is -0.379 e. The van der Waals surface area contributed by atoms with Crippen molar-refractivity contribution in [3.63, 3.8) is 0 Å². The molecule has 0 saturated carbocycles. The molecule has 24 heavy (non-hydrogen) atoms. The van der Waals surface area contributed by atoms with Crippen molar-refractivity contribution in [2.45, 2.75) is 32.8 Å². The van der Waals surface area contributed by atoms with Crippen LogP contribution in [0.1, 0.15) is 26.7 Å². The van der Waals surface area contributed by atoms with Gasteiger partial charge in [-0.1, -0.05) is 0 Å². The first kappa shape index (κ1) is 18.6. The summed E-state index contributed by atoms with van der Waals surface area (Å²) in [7, 11) is 0. The number of rotatable bonds is 8. The molecule has 3 aliphatic heterocycles. The molecule has 0 aromatic rings. The third kappa shape index (κ3) is 5.95. The molecule has 0 amide bonds. The summed E-state index contributed by atoms with van der Waals surface area (Å²) in [6.45, 7) is 19.0. The second kappa shape index (κ2) is 9.48. The van der Waals surface area contributed by atoms with E-state index < -0.39 is 0 Å². The van der Waals surface area contributed by atoms with E-state index in [1.165, 1.54) is 84.8 Å². The van der Waals surface area contributed by atoms with Crippen molar-refractivity contribution in [3.8, 4) is 0 Å². The molecule has 1 N–H and O–H groups in total. The second-order valence-electron chi connectivity index (χ2n) is 8.35. The normalized spacial score (nSPS) is 30.1. The van der Waals surface area contributed by atoms with E-state index in [1.807, 2.05) is 0 Å². The highest BCUT2D eigenvalue weighted by atomic mass is 16.5. The highest BCUT2D eigenvalue weighted by molar-refractivity contribution is 4.88. The largest absolute Gasteiger partial charge is 0.379 e. The molecule has 140 valence electrons. The van der Waals surface area contributed by atoms with Crippen molar-refractivity contribution in [3.05, 3.63) is 0 Å². The van der Waals surface area contributed by atoms with Gasteiger partial charge >= 0.3 is 0 Å². The lowest BCUT2D eigenvalue weighted by Gasteiger charge is -2.46. The van der Waals surface area contributed by atoms with Crippen molar-refractivity contribution in [2.75, 3.05) is 78.6 Å². The summed E-state index contributed by atoms with van der Waals surface area (Å²) in [4.78, 5) is 8.08. The standard InChI is InChI=1S/C19H38N4O/c1-17(2)24-11-3-6-22-13-18-12-19(14-22)16-23(15-18)10-9-21-7-4-20-5-8-21/h17-20H,3-16H2,1-2H3. The molecule has 2 bridgehead atoms. The van der Waals surface area contributed by atoms with Crippen LogP contribution in [0.5, 0.6) is 0 Å². The van der Waals surface area contributed by atoms with Crippen LogP contribution in [0.4, 0.5) is 0 Å². The molecule has 0 aliphatic carbocycles. The number of ether oxygens (including phenoxy) is 1. The number of likely N-dealkylation sites (tertiary alicyclic amines) is 2. The van der Waals surface area contributed by atoms with Gasteiger partial charge in [-0.25, -0.2) is 0 Å². The summed E-state index contributed by atoms with van der Waals surface area (Å²) in [6, 6.07) is 0. The third-order valence-corrected chi connectivity index (χ3v) is 5.74. The molecule has 3 aliphatic rings. The van der Waals surface area contributed by atoms with Crippen LogP contribution in [0.3, 0.4) is 0 Å². The summed E-state index contributed by atoms with van der Waals surface area (Å²) in [5.41, 5.74) is 0.